The van der Waals surface area contributed by atoms with Gasteiger partial charge in [0, 0.05) is 37.6 Å². The van der Waals surface area contributed by atoms with Crippen LogP contribution in [0.3, 0.4) is 0 Å². The lowest BCUT2D eigenvalue weighted by Crippen LogP contribution is -2.33. The fourth-order valence-corrected chi connectivity index (χ4v) is 2.33. The number of hydrogen-bond acceptors (Lipinski definition) is 4. The van der Waals surface area contributed by atoms with Gasteiger partial charge in [0.25, 0.3) is 0 Å². The average Bonchev–Trinajstić information content (AvgIpc) is 2.94. The molecule has 3 heterocycles. The first-order chi connectivity index (χ1) is 8.43. The molecule has 2 aromatic heterocycles. The summed E-state index contributed by atoms with van der Waals surface area (Å²) in [6, 6.07) is 1.87. The minimum absolute atomic E-state index is 0.499. The van der Waals surface area contributed by atoms with Crippen molar-refractivity contribution in [2.45, 2.75) is 18.8 Å². The van der Waals surface area contributed by atoms with Crippen molar-refractivity contribution in [1.29, 1.82) is 0 Å². The number of aromatic amines is 1. The Kier molecular flexibility index (Phi) is 2.73. The standard InChI is InChI=1S/C12H15N5/c1-4-13-12(14-5-1)10-2-6-17(7-3-10)11-8-15-16-9-11/h1,4-5,8-10H,2-3,6-7H2,(H,15,16). The van der Waals surface area contributed by atoms with Gasteiger partial charge in [0.2, 0.25) is 0 Å². The van der Waals surface area contributed by atoms with E-state index in [0.717, 1.165) is 31.8 Å². The highest BCUT2D eigenvalue weighted by molar-refractivity contribution is 5.42. The molecule has 0 atom stereocenters. The summed E-state index contributed by atoms with van der Waals surface area (Å²) in [5.41, 5.74) is 1.18. The van der Waals surface area contributed by atoms with Crippen molar-refractivity contribution in [2.24, 2.45) is 0 Å². The molecule has 0 saturated carbocycles. The highest BCUT2D eigenvalue weighted by atomic mass is 15.2. The fraction of sp³-hybridized carbons (Fsp3) is 0.417. The highest BCUT2D eigenvalue weighted by Crippen LogP contribution is 2.27. The maximum atomic E-state index is 4.34. The summed E-state index contributed by atoms with van der Waals surface area (Å²) in [5, 5.41) is 6.84. The number of piperidine rings is 1. The first-order valence-corrected chi connectivity index (χ1v) is 5.94. The number of hydrogen-bond donors (Lipinski definition) is 1. The van der Waals surface area contributed by atoms with E-state index in [9.17, 15) is 0 Å². The van der Waals surface area contributed by atoms with Crippen LogP contribution in [0.2, 0.25) is 0 Å². The molecule has 0 spiro atoms. The topological polar surface area (TPSA) is 57.7 Å². The first kappa shape index (κ1) is 10.3. The van der Waals surface area contributed by atoms with Gasteiger partial charge in [-0.05, 0) is 18.9 Å². The zero-order valence-electron chi connectivity index (χ0n) is 9.58. The van der Waals surface area contributed by atoms with Crippen LogP contribution < -0.4 is 4.90 Å². The Hall–Kier alpha value is -1.91. The number of anilines is 1. The average molecular weight is 229 g/mol. The number of rotatable bonds is 2. The number of nitrogens with zero attached hydrogens (tertiary/aromatic N) is 4. The van der Waals surface area contributed by atoms with Crippen molar-refractivity contribution in [1.82, 2.24) is 20.2 Å². The van der Waals surface area contributed by atoms with Crippen LogP contribution in [0.15, 0.2) is 30.9 Å². The third kappa shape index (κ3) is 2.13. The molecule has 2 aromatic rings. The van der Waals surface area contributed by atoms with Crippen LogP contribution in [-0.4, -0.2) is 33.3 Å². The van der Waals surface area contributed by atoms with Crippen LogP contribution in [0.1, 0.15) is 24.6 Å². The van der Waals surface area contributed by atoms with E-state index < -0.39 is 0 Å². The molecule has 1 aliphatic rings. The van der Waals surface area contributed by atoms with E-state index in [0.29, 0.717) is 5.92 Å². The summed E-state index contributed by atoms with van der Waals surface area (Å²) in [4.78, 5) is 11.0. The largest absolute Gasteiger partial charge is 0.369 e. The maximum Gasteiger partial charge on any atom is 0.131 e. The molecule has 0 amide bonds. The summed E-state index contributed by atoms with van der Waals surface area (Å²) in [5.74, 6) is 1.48. The van der Waals surface area contributed by atoms with Crippen LogP contribution in [-0.2, 0) is 0 Å². The lowest BCUT2D eigenvalue weighted by molar-refractivity contribution is 0.485. The lowest BCUT2D eigenvalue weighted by Gasteiger charge is -2.31. The van der Waals surface area contributed by atoms with E-state index in [1.54, 1.807) is 0 Å². The molecule has 1 aliphatic heterocycles. The maximum absolute atomic E-state index is 4.34. The molecule has 1 fully saturated rings. The predicted octanol–water partition coefficient (Wildman–Crippen LogP) is 1.58. The zero-order chi connectivity index (χ0) is 11.5. The molecular formula is C12H15N5. The van der Waals surface area contributed by atoms with Crippen LogP contribution in [0, 0.1) is 0 Å². The quantitative estimate of drug-likeness (QED) is 0.849. The van der Waals surface area contributed by atoms with Crippen LogP contribution in [0.25, 0.3) is 0 Å². The van der Waals surface area contributed by atoms with Crippen molar-refractivity contribution in [3.8, 4) is 0 Å². The molecule has 0 aliphatic carbocycles. The Morgan fingerprint density at radius 3 is 2.59 bits per heavy atom. The normalized spacial score (nSPS) is 17.3. The van der Waals surface area contributed by atoms with Gasteiger partial charge in [-0.2, -0.15) is 5.10 Å². The van der Waals surface area contributed by atoms with Gasteiger partial charge in [0.05, 0.1) is 11.9 Å². The SMILES string of the molecule is c1cnc(C2CCN(c3cn[nH]c3)CC2)nc1. The Balaban J connectivity index is 1.65. The smallest absolute Gasteiger partial charge is 0.131 e. The number of aromatic nitrogens is 4. The summed E-state index contributed by atoms with van der Waals surface area (Å²) >= 11 is 0. The predicted molar refractivity (Wildman–Crippen MR) is 64.8 cm³/mol. The number of H-pyrrole nitrogens is 1. The van der Waals surface area contributed by atoms with Gasteiger partial charge < -0.3 is 4.90 Å². The van der Waals surface area contributed by atoms with Gasteiger partial charge in [-0.3, -0.25) is 5.10 Å². The Bertz CT molecular complexity index is 445. The zero-order valence-corrected chi connectivity index (χ0v) is 9.58. The summed E-state index contributed by atoms with van der Waals surface area (Å²) in [6.45, 7) is 2.09. The summed E-state index contributed by atoms with van der Waals surface area (Å²) in [6.07, 6.45) is 9.68. The molecule has 0 unspecified atom stereocenters. The molecule has 0 bridgehead atoms. The lowest BCUT2D eigenvalue weighted by atomic mass is 9.96. The Morgan fingerprint density at radius 1 is 1.18 bits per heavy atom. The second kappa shape index (κ2) is 4.53. The molecule has 1 saturated heterocycles. The van der Waals surface area contributed by atoms with Gasteiger partial charge in [-0.1, -0.05) is 0 Å². The van der Waals surface area contributed by atoms with E-state index in [1.165, 1.54) is 5.69 Å². The van der Waals surface area contributed by atoms with Gasteiger partial charge in [0.1, 0.15) is 5.82 Å². The minimum Gasteiger partial charge on any atom is -0.369 e. The second-order valence-electron chi connectivity index (χ2n) is 4.32. The Labute approximate surface area is 99.9 Å². The van der Waals surface area contributed by atoms with E-state index in [2.05, 4.69) is 25.1 Å². The molecule has 1 N–H and O–H groups in total. The van der Waals surface area contributed by atoms with Crippen molar-refractivity contribution in [3.63, 3.8) is 0 Å². The molecule has 0 aromatic carbocycles. The van der Waals surface area contributed by atoms with Gasteiger partial charge in [0.15, 0.2) is 0 Å². The first-order valence-electron chi connectivity index (χ1n) is 5.94. The molecule has 0 radical (unpaired) electrons. The minimum atomic E-state index is 0.499. The van der Waals surface area contributed by atoms with Crippen molar-refractivity contribution in [2.75, 3.05) is 18.0 Å². The third-order valence-corrected chi connectivity index (χ3v) is 3.29. The fourth-order valence-electron chi connectivity index (χ4n) is 2.33. The van der Waals surface area contributed by atoms with Crippen LogP contribution in [0.4, 0.5) is 5.69 Å². The van der Waals surface area contributed by atoms with Gasteiger partial charge in [-0.25, -0.2) is 9.97 Å². The monoisotopic (exact) mass is 229 g/mol. The van der Waals surface area contributed by atoms with E-state index in [-0.39, 0.29) is 0 Å². The summed E-state index contributed by atoms with van der Waals surface area (Å²) < 4.78 is 0. The molecule has 3 rings (SSSR count). The van der Waals surface area contributed by atoms with E-state index >= 15 is 0 Å². The number of nitrogens with one attached hydrogen (secondary N) is 1. The van der Waals surface area contributed by atoms with E-state index in [1.807, 2.05) is 30.9 Å². The molecule has 88 valence electrons. The molecule has 17 heavy (non-hydrogen) atoms. The van der Waals surface area contributed by atoms with Crippen molar-refractivity contribution >= 4 is 5.69 Å². The summed E-state index contributed by atoms with van der Waals surface area (Å²) in [7, 11) is 0. The van der Waals surface area contributed by atoms with Gasteiger partial charge >= 0.3 is 0 Å². The molecule has 5 nitrogen and oxygen atoms in total. The van der Waals surface area contributed by atoms with Crippen molar-refractivity contribution in [3.05, 3.63) is 36.7 Å². The highest BCUT2D eigenvalue weighted by Gasteiger charge is 2.22. The third-order valence-electron chi connectivity index (χ3n) is 3.29. The van der Waals surface area contributed by atoms with Gasteiger partial charge in [-0.15, -0.1) is 0 Å². The Morgan fingerprint density at radius 2 is 1.94 bits per heavy atom. The molecular weight excluding hydrogens is 214 g/mol. The van der Waals surface area contributed by atoms with Crippen LogP contribution in [0.5, 0.6) is 0 Å². The van der Waals surface area contributed by atoms with E-state index in [4.69, 9.17) is 0 Å². The van der Waals surface area contributed by atoms with Crippen molar-refractivity contribution < 1.29 is 0 Å². The molecule has 5 heteroatoms. The second-order valence-corrected chi connectivity index (χ2v) is 4.32. The van der Waals surface area contributed by atoms with Crippen LogP contribution >= 0.6 is 0 Å².